The average molecular weight is 113 g/mol. The van der Waals surface area contributed by atoms with E-state index in [1.165, 1.54) is 12.8 Å². The molecule has 1 nitrogen and oxygen atoms in total. The molecule has 0 aromatic rings. The van der Waals surface area contributed by atoms with Gasteiger partial charge in [0.25, 0.3) is 0 Å². The predicted octanol–water partition coefficient (Wildman–Crippen LogP) is 1.35. The molecule has 0 N–H and O–H groups in total. The molecule has 1 heteroatoms. The van der Waals surface area contributed by atoms with Gasteiger partial charge in [-0.2, -0.15) is 0 Å². The van der Waals surface area contributed by atoms with Gasteiger partial charge in [-0.3, -0.25) is 0 Å². The van der Waals surface area contributed by atoms with Gasteiger partial charge in [-0.05, 0) is 32.9 Å². The van der Waals surface area contributed by atoms with Crippen LogP contribution in [0.5, 0.6) is 0 Å². The van der Waals surface area contributed by atoms with Crippen molar-refractivity contribution in [3.05, 3.63) is 0 Å². The van der Waals surface area contributed by atoms with Crippen molar-refractivity contribution in [2.24, 2.45) is 5.92 Å². The molecule has 48 valence electrons. The lowest BCUT2D eigenvalue weighted by molar-refractivity contribution is 0.135. The molecule has 1 aliphatic rings. The van der Waals surface area contributed by atoms with Crippen LogP contribution in [0.4, 0.5) is 0 Å². The SMILES string of the molecule is CN(C)[C@H]1C[C@H](C)C1. The number of nitrogens with zero attached hydrogens (tertiary/aromatic N) is 1. The van der Waals surface area contributed by atoms with Crippen molar-refractivity contribution in [3.8, 4) is 0 Å². The van der Waals surface area contributed by atoms with Crippen molar-refractivity contribution in [1.29, 1.82) is 0 Å². The van der Waals surface area contributed by atoms with Gasteiger partial charge in [0, 0.05) is 6.04 Å². The lowest BCUT2D eigenvalue weighted by Gasteiger charge is -2.37. The minimum absolute atomic E-state index is 0.894. The van der Waals surface area contributed by atoms with Gasteiger partial charge in [-0.1, -0.05) is 6.92 Å². The minimum atomic E-state index is 0.894. The van der Waals surface area contributed by atoms with Crippen LogP contribution in [-0.4, -0.2) is 25.0 Å². The molecule has 0 saturated heterocycles. The summed E-state index contributed by atoms with van der Waals surface area (Å²) in [5.74, 6) is 0.988. The van der Waals surface area contributed by atoms with E-state index >= 15 is 0 Å². The summed E-state index contributed by atoms with van der Waals surface area (Å²) in [6, 6.07) is 0.894. The molecule has 1 saturated carbocycles. The van der Waals surface area contributed by atoms with Crippen molar-refractivity contribution in [1.82, 2.24) is 4.90 Å². The van der Waals surface area contributed by atoms with Gasteiger partial charge in [0.15, 0.2) is 0 Å². The molecule has 0 aliphatic heterocycles. The maximum absolute atomic E-state index is 2.32. The van der Waals surface area contributed by atoms with E-state index in [4.69, 9.17) is 0 Å². The Bertz CT molecular complexity index is 72.5. The zero-order chi connectivity index (χ0) is 6.15. The summed E-state index contributed by atoms with van der Waals surface area (Å²) in [7, 11) is 4.33. The fourth-order valence-electron chi connectivity index (χ4n) is 1.28. The van der Waals surface area contributed by atoms with Crippen molar-refractivity contribution < 1.29 is 0 Å². The van der Waals surface area contributed by atoms with Crippen molar-refractivity contribution in [3.63, 3.8) is 0 Å². The summed E-state index contributed by atoms with van der Waals surface area (Å²) in [5.41, 5.74) is 0. The molecule has 0 amide bonds. The number of rotatable bonds is 1. The van der Waals surface area contributed by atoms with Gasteiger partial charge in [0.05, 0.1) is 0 Å². The lowest BCUT2D eigenvalue weighted by Crippen LogP contribution is -2.38. The van der Waals surface area contributed by atoms with E-state index in [1.807, 2.05) is 0 Å². The number of hydrogen-bond acceptors (Lipinski definition) is 1. The van der Waals surface area contributed by atoms with Gasteiger partial charge in [0.2, 0.25) is 0 Å². The van der Waals surface area contributed by atoms with Crippen molar-refractivity contribution in [2.75, 3.05) is 14.1 Å². The Morgan fingerprint density at radius 1 is 1.25 bits per heavy atom. The Morgan fingerprint density at radius 3 is 1.88 bits per heavy atom. The zero-order valence-corrected chi connectivity index (χ0v) is 6.02. The van der Waals surface area contributed by atoms with Crippen molar-refractivity contribution in [2.45, 2.75) is 25.8 Å². The van der Waals surface area contributed by atoms with Crippen LogP contribution in [0.1, 0.15) is 19.8 Å². The molecular formula is C7H15N. The van der Waals surface area contributed by atoms with Crippen LogP contribution in [0.3, 0.4) is 0 Å². The average Bonchev–Trinajstić information content (AvgIpc) is 1.57. The van der Waals surface area contributed by atoms with Crippen LogP contribution < -0.4 is 0 Å². The minimum Gasteiger partial charge on any atom is -0.306 e. The molecule has 1 rings (SSSR count). The molecule has 0 aromatic carbocycles. The predicted molar refractivity (Wildman–Crippen MR) is 35.9 cm³/mol. The second-order valence-corrected chi connectivity index (χ2v) is 3.19. The van der Waals surface area contributed by atoms with E-state index in [9.17, 15) is 0 Å². The van der Waals surface area contributed by atoms with Crippen LogP contribution in [0.25, 0.3) is 0 Å². The van der Waals surface area contributed by atoms with E-state index < -0.39 is 0 Å². The highest BCUT2D eigenvalue weighted by Crippen LogP contribution is 2.29. The second-order valence-electron chi connectivity index (χ2n) is 3.19. The van der Waals surface area contributed by atoms with Gasteiger partial charge < -0.3 is 4.90 Å². The highest BCUT2D eigenvalue weighted by Gasteiger charge is 2.26. The molecule has 0 atom stereocenters. The Hall–Kier alpha value is -0.0400. The van der Waals surface area contributed by atoms with E-state index in [1.54, 1.807) is 0 Å². The fourth-order valence-corrected chi connectivity index (χ4v) is 1.28. The van der Waals surface area contributed by atoms with Gasteiger partial charge in [0.1, 0.15) is 0 Å². The third kappa shape index (κ3) is 1.03. The molecule has 1 fully saturated rings. The molecule has 0 unspecified atom stereocenters. The molecule has 8 heavy (non-hydrogen) atoms. The summed E-state index contributed by atoms with van der Waals surface area (Å²) in [4.78, 5) is 2.32. The molecule has 0 radical (unpaired) electrons. The van der Waals surface area contributed by atoms with Crippen LogP contribution in [0.15, 0.2) is 0 Å². The van der Waals surface area contributed by atoms with E-state index in [2.05, 4.69) is 25.9 Å². The maximum atomic E-state index is 2.32. The quantitative estimate of drug-likeness (QED) is 0.496. The first-order valence-corrected chi connectivity index (χ1v) is 3.36. The normalized spacial score (nSPS) is 37.5. The summed E-state index contributed by atoms with van der Waals surface area (Å²) in [6.07, 6.45) is 2.82. The van der Waals surface area contributed by atoms with E-state index in [-0.39, 0.29) is 0 Å². The molecular weight excluding hydrogens is 98.1 g/mol. The van der Waals surface area contributed by atoms with Crippen LogP contribution in [0, 0.1) is 5.92 Å². The Labute approximate surface area is 51.7 Å². The largest absolute Gasteiger partial charge is 0.306 e. The Balaban J connectivity index is 2.15. The van der Waals surface area contributed by atoms with Crippen LogP contribution in [0.2, 0.25) is 0 Å². The highest BCUT2D eigenvalue weighted by atomic mass is 15.1. The van der Waals surface area contributed by atoms with Crippen LogP contribution >= 0.6 is 0 Å². The van der Waals surface area contributed by atoms with Gasteiger partial charge in [-0.25, -0.2) is 0 Å². The smallest absolute Gasteiger partial charge is 0.00942 e. The second kappa shape index (κ2) is 2.06. The first-order valence-electron chi connectivity index (χ1n) is 3.36. The third-order valence-corrected chi connectivity index (χ3v) is 2.08. The van der Waals surface area contributed by atoms with Crippen LogP contribution in [-0.2, 0) is 0 Å². The van der Waals surface area contributed by atoms with E-state index in [0.717, 1.165) is 12.0 Å². The number of hydrogen-bond donors (Lipinski definition) is 0. The molecule has 1 aliphatic carbocycles. The van der Waals surface area contributed by atoms with Gasteiger partial charge in [-0.15, -0.1) is 0 Å². The first kappa shape index (κ1) is 6.09. The fraction of sp³-hybridized carbons (Fsp3) is 1.00. The Kier molecular flexibility index (Phi) is 1.57. The molecule has 0 heterocycles. The van der Waals surface area contributed by atoms with Crippen molar-refractivity contribution >= 4 is 0 Å². The Morgan fingerprint density at radius 2 is 1.75 bits per heavy atom. The molecule has 0 bridgehead atoms. The topological polar surface area (TPSA) is 3.24 Å². The maximum Gasteiger partial charge on any atom is 0.00942 e. The zero-order valence-electron chi connectivity index (χ0n) is 6.02. The monoisotopic (exact) mass is 113 g/mol. The lowest BCUT2D eigenvalue weighted by atomic mass is 9.81. The third-order valence-electron chi connectivity index (χ3n) is 2.08. The highest BCUT2D eigenvalue weighted by molar-refractivity contribution is 4.81. The summed E-state index contributed by atoms with van der Waals surface area (Å²) >= 11 is 0. The summed E-state index contributed by atoms with van der Waals surface area (Å²) < 4.78 is 0. The standard InChI is InChI=1S/C7H15N/c1-6-4-7(5-6)8(2)3/h6-7H,4-5H2,1-3H3/t6-,7-. The first-order chi connectivity index (χ1) is 3.70. The molecule has 0 aromatic heterocycles. The summed E-state index contributed by atoms with van der Waals surface area (Å²) in [5, 5.41) is 0. The molecule has 0 spiro atoms. The van der Waals surface area contributed by atoms with Gasteiger partial charge >= 0.3 is 0 Å². The summed E-state index contributed by atoms with van der Waals surface area (Å²) in [6.45, 7) is 2.32. The van der Waals surface area contributed by atoms with E-state index in [0.29, 0.717) is 0 Å².